The molecule has 21 heavy (non-hydrogen) atoms. The SMILES string of the molecule is COc1nc(N[C@H](C)C(=O)O)nc(N2CCCCCC2)n1. The van der Waals surface area contributed by atoms with Crippen LogP contribution < -0.4 is 15.0 Å². The molecule has 2 heterocycles. The van der Waals surface area contributed by atoms with E-state index in [1.54, 1.807) is 0 Å². The number of hydrogen-bond acceptors (Lipinski definition) is 7. The zero-order valence-corrected chi connectivity index (χ0v) is 12.4. The summed E-state index contributed by atoms with van der Waals surface area (Å²) in [6.07, 6.45) is 4.62. The van der Waals surface area contributed by atoms with Crippen LogP contribution in [0.25, 0.3) is 0 Å². The highest BCUT2D eigenvalue weighted by Crippen LogP contribution is 2.19. The van der Waals surface area contributed by atoms with Gasteiger partial charge in [-0.3, -0.25) is 4.79 Å². The van der Waals surface area contributed by atoms with Crippen LogP contribution in [0.4, 0.5) is 11.9 Å². The maximum atomic E-state index is 10.9. The van der Waals surface area contributed by atoms with E-state index in [0.29, 0.717) is 5.95 Å². The van der Waals surface area contributed by atoms with E-state index in [0.717, 1.165) is 25.9 Å². The Balaban J connectivity index is 2.21. The van der Waals surface area contributed by atoms with Crippen molar-refractivity contribution < 1.29 is 14.6 Å². The standard InChI is InChI=1S/C13H21N5O3/c1-9(10(19)20)14-11-15-12(17-13(16-11)21-2)18-7-5-3-4-6-8-18/h9H,3-8H2,1-2H3,(H,19,20)(H,14,15,16,17)/t9-/m1/s1. The molecule has 2 N–H and O–H groups in total. The summed E-state index contributed by atoms with van der Waals surface area (Å²) in [5.74, 6) is -0.217. The summed E-state index contributed by atoms with van der Waals surface area (Å²) in [6, 6.07) is -0.599. The molecule has 2 rings (SSSR count). The largest absolute Gasteiger partial charge is 0.480 e. The molecule has 0 radical (unpaired) electrons. The van der Waals surface area contributed by atoms with Crippen LogP contribution in [-0.4, -0.2) is 52.3 Å². The number of hydrogen-bond donors (Lipinski definition) is 2. The van der Waals surface area contributed by atoms with Gasteiger partial charge in [-0.05, 0) is 19.8 Å². The van der Waals surface area contributed by atoms with Crippen molar-refractivity contribution in [3.05, 3.63) is 0 Å². The Morgan fingerprint density at radius 3 is 2.48 bits per heavy atom. The first-order valence-corrected chi connectivity index (χ1v) is 7.14. The second kappa shape index (κ2) is 7.05. The van der Waals surface area contributed by atoms with Gasteiger partial charge in [-0.1, -0.05) is 12.8 Å². The lowest BCUT2D eigenvalue weighted by Gasteiger charge is -2.21. The Morgan fingerprint density at radius 1 is 1.24 bits per heavy atom. The number of nitrogens with one attached hydrogen (secondary N) is 1. The van der Waals surface area contributed by atoms with Gasteiger partial charge in [-0.25, -0.2) is 0 Å². The van der Waals surface area contributed by atoms with Crippen molar-refractivity contribution in [2.24, 2.45) is 0 Å². The summed E-state index contributed by atoms with van der Waals surface area (Å²) in [4.78, 5) is 25.6. The monoisotopic (exact) mass is 295 g/mol. The van der Waals surface area contributed by atoms with Crippen molar-refractivity contribution in [2.45, 2.75) is 38.6 Å². The van der Waals surface area contributed by atoms with Crippen molar-refractivity contribution in [1.29, 1.82) is 0 Å². The van der Waals surface area contributed by atoms with Gasteiger partial charge < -0.3 is 20.1 Å². The van der Waals surface area contributed by atoms with Gasteiger partial charge in [0.15, 0.2) is 0 Å². The van der Waals surface area contributed by atoms with Gasteiger partial charge in [0.05, 0.1) is 7.11 Å². The Kier molecular flexibility index (Phi) is 5.13. The maximum Gasteiger partial charge on any atom is 0.325 e. The fourth-order valence-electron chi connectivity index (χ4n) is 2.17. The molecule has 0 bridgehead atoms. The van der Waals surface area contributed by atoms with E-state index in [9.17, 15) is 4.79 Å². The summed E-state index contributed by atoms with van der Waals surface area (Å²) >= 11 is 0. The predicted octanol–water partition coefficient (Wildman–Crippen LogP) is 1.15. The maximum absolute atomic E-state index is 10.9. The van der Waals surface area contributed by atoms with E-state index in [1.807, 2.05) is 0 Å². The van der Waals surface area contributed by atoms with Crippen molar-refractivity contribution in [2.75, 3.05) is 30.4 Å². The number of methoxy groups -OCH3 is 1. The van der Waals surface area contributed by atoms with Gasteiger partial charge in [0.1, 0.15) is 6.04 Å². The lowest BCUT2D eigenvalue weighted by atomic mass is 10.2. The van der Waals surface area contributed by atoms with Gasteiger partial charge in [-0.15, -0.1) is 0 Å². The first-order valence-electron chi connectivity index (χ1n) is 7.14. The lowest BCUT2D eigenvalue weighted by molar-refractivity contribution is -0.137. The molecule has 1 atom stereocenters. The molecule has 0 aliphatic carbocycles. The molecule has 1 aliphatic heterocycles. The fraction of sp³-hybridized carbons (Fsp3) is 0.692. The van der Waals surface area contributed by atoms with Gasteiger partial charge >= 0.3 is 12.0 Å². The summed E-state index contributed by atoms with van der Waals surface area (Å²) in [5, 5.41) is 11.7. The minimum Gasteiger partial charge on any atom is -0.480 e. The number of carboxylic acid groups (broad SMARTS) is 1. The second-order valence-electron chi connectivity index (χ2n) is 5.05. The molecule has 0 unspecified atom stereocenters. The fourth-order valence-corrected chi connectivity index (χ4v) is 2.17. The highest BCUT2D eigenvalue weighted by atomic mass is 16.5. The Labute approximate surface area is 123 Å². The Hall–Kier alpha value is -2.12. The number of rotatable bonds is 5. The molecule has 1 aromatic rings. The zero-order chi connectivity index (χ0) is 15.2. The molecule has 8 nitrogen and oxygen atoms in total. The van der Waals surface area contributed by atoms with Crippen LogP contribution >= 0.6 is 0 Å². The molecule has 0 saturated carbocycles. The summed E-state index contributed by atoms with van der Waals surface area (Å²) in [7, 11) is 1.48. The average molecular weight is 295 g/mol. The van der Waals surface area contributed by atoms with Crippen LogP contribution in [0.2, 0.25) is 0 Å². The highest BCUT2D eigenvalue weighted by Gasteiger charge is 2.18. The molecule has 0 amide bonds. The Bertz CT molecular complexity index is 489. The number of aromatic nitrogens is 3. The molecule has 8 heteroatoms. The van der Waals surface area contributed by atoms with Crippen molar-refractivity contribution in [1.82, 2.24) is 15.0 Å². The third-order valence-electron chi connectivity index (χ3n) is 3.39. The second-order valence-corrected chi connectivity index (χ2v) is 5.05. The molecule has 0 spiro atoms. The molecular weight excluding hydrogens is 274 g/mol. The highest BCUT2D eigenvalue weighted by molar-refractivity contribution is 5.75. The molecule has 116 valence electrons. The molecule has 1 fully saturated rings. The zero-order valence-electron chi connectivity index (χ0n) is 12.4. The topological polar surface area (TPSA) is 100 Å². The minimum atomic E-state index is -0.967. The van der Waals surface area contributed by atoms with E-state index in [-0.39, 0.29) is 12.0 Å². The number of ether oxygens (including phenoxy) is 1. The van der Waals surface area contributed by atoms with Gasteiger partial charge in [0.25, 0.3) is 0 Å². The molecular formula is C13H21N5O3. The number of nitrogens with zero attached hydrogens (tertiary/aromatic N) is 4. The van der Waals surface area contributed by atoms with Crippen LogP contribution in [0.1, 0.15) is 32.6 Å². The lowest BCUT2D eigenvalue weighted by Crippen LogP contribution is -2.29. The normalized spacial score (nSPS) is 17.0. The number of carboxylic acids is 1. The predicted molar refractivity (Wildman–Crippen MR) is 77.8 cm³/mol. The molecule has 1 aliphatic rings. The number of aliphatic carboxylic acids is 1. The molecule has 0 aromatic carbocycles. The van der Waals surface area contributed by atoms with Crippen LogP contribution in [-0.2, 0) is 4.79 Å². The molecule has 1 saturated heterocycles. The summed E-state index contributed by atoms with van der Waals surface area (Å²) < 4.78 is 5.08. The third-order valence-corrected chi connectivity index (χ3v) is 3.39. The van der Waals surface area contributed by atoms with Gasteiger partial charge in [0.2, 0.25) is 11.9 Å². The van der Waals surface area contributed by atoms with Gasteiger partial charge in [0, 0.05) is 13.1 Å². The van der Waals surface area contributed by atoms with E-state index >= 15 is 0 Å². The van der Waals surface area contributed by atoms with E-state index in [2.05, 4.69) is 25.2 Å². The van der Waals surface area contributed by atoms with Crippen molar-refractivity contribution in [3.8, 4) is 6.01 Å². The van der Waals surface area contributed by atoms with Crippen molar-refractivity contribution >= 4 is 17.9 Å². The van der Waals surface area contributed by atoms with Crippen LogP contribution in [0.3, 0.4) is 0 Å². The minimum absolute atomic E-state index is 0.185. The smallest absolute Gasteiger partial charge is 0.325 e. The third kappa shape index (κ3) is 4.17. The summed E-state index contributed by atoms with van der Waals surface area (Å²) in [5.41, 5.74) is 0. The van der Waals surface area contributed by atoms with Gasteiger partial charge in [-0.2, -0.15) is 15.0 Å². The average Bonchev–Trinajstić information content (AvgIpc) is 2.75. The molecule has 1 aromatic heterocycles. The number of carbonyl (C=O) groups is 1. The quantitative estimate of drug-likeness (QED) is 0.834. The van der Waals surface area contributed by atoms with Crippen molar-refractivity contribution in [3.63, 3.8) is 0 Å². The van der Waals surface area contributed by atoms with E-state index < -0.39 is 12.0 Å². The van der Waals surface area contributed by atoms with Crippen LogP contribution in [0.5, 0.6) is 6.01 Å². The first-order chi connectivity index (χ1) is 10.1. The van der Waals surface area contributed by atoms with E-state index in [4.69, 9.17) is 9.84 Å². The Morgan fingerprint density at radius 2 is 1.90 bits per heavy atom. The van der Waals surface area contributed by atoms with E-state index in [1.165, 1.54) is 26.9 Å². The first kappa shape index (κ1) is 15.3. The summed E-state index contributed by atoms with van der Waals surface area (Å²) in [6.45, 7) is 3.31. The van der Waals surface area contributed by atoms with Crippen LogP contribution in [0, 0.1) is 0 Å². The van der Waals surface area contributed by atoms with Crippen LogP contribution in [0.15, 0.2) is 0 Å². The number of anilines is 2.